The number of nitrogens with one attached hydrogen (secondary N) is 3. The van der Waals surface area contributed by atoms with Gasteiger partial charge in [-0.2, -0.15) is 0 Å². The van der Waals surface area contributed by atoms with Crippen molar-refractivity contribution >= 4 is 44.3 Å². The minimum absolute atomic E-state index is 0.0531. The second-order valence-corrected chi connectivity index (χ2v) is 10.9. The molecule has 1 amide bonds. The van der Waals surface area contributed by atoms with Crippen LogP contribution < -0.4 is 15.4 Å². The van der Waals surface area contributed by atoms with E-state index in [2.05, 4.69) is 20.3 Å². The summed E-state index contributed by atoms with van der Waals surface area (Å²) in [5, 5.41) is 6.31. The summed E-state index contributed by atoms with van der Waals surface area (Å²) in [5.74, 6) is -0.320. The van der Waals surface area contributed by atoms with E-state index in [4.69, 9.17) is 0 Å². The van der Waals surface area contributed by atoms with Crippen LogP contribution in [0.2, 0.25) is 0 Å². The number of hydrogen-bond donors (Lipinski definition) is 3. The van der Waals surface area contributed by atoms with Gasteiger partial charge in [0.25, 0.3) is 15.9 Å². The van der Waals surface area contributed by atoms with Crippen molar-refractivity contribution in [2.75, 3.05) is 15.4 Å². The van der Waals surface area contributed by atoms with E-state index >= 15 is 0 Å². The van der Waals surface area contributed by atoms with E-state index in [1.165, 1.54) is 12.1 Å². The first kappa shape index (κ1) is 25.1. The number of carbonyl (C=O) groups is 1. The fourth-order valence-electron chi connectivity index (χ4n) is 4.59. The molecular weight excluding hydrogens is 520 g/mol. The van der Waals surface area contributed by atoms with Gasteiger partial charge in [-0.15, -0.1) is 0 Å². The van der Waals surface area contributed by atoms with E-state index in [0.29, 0.717) is 28.2 Å². The third-order valence-corrected chi connectivity index (χ3v) is 7.91. The zero-order valence-corrected chi connectivity index (χ0v) is 22.0. The molecule has 40 heavy (non-hydrogen) atoms. The van der Waals surface area contributed by atoms with Gasteiger partial charge in [0.1, 0.15) is 0 Å². The van der Waals surface area contributed by atoms with Gasteiger partial charge < -0.3 is 10.6 Å². The first-order chi connectivity index (χ1) is 19.5. The Balaban J connectivity index is 1.42. The highest BCUT2D eigenvalue weighted by molar-refractivity contribution is 7.92. The predicted octanol–water partition coefficient (Wildman–Crippen LogP) is 6.48. The number of rotatable bonds is 7. The number of sulfonamides is 1. The summed E-state index contributed by atoms with van der Waals surface area (Å²) in [6.07, 6.45) is 3.54. The second kappa shape index (κ2) is 10.5. The van der Waals surface area contributed by atoms with Crippen LogP contribution in [0.3, 0.4) is 0 Å². The normalized spacial score (nSPS) is 13.8. The topological polar surface area (TPSA) is 100 Å². The quantitative estimate of drug-likeness (QED) is 0.204. The maximum Gasteiger partial charge on any atom is 0.261 e. The van der Waals surface area contributed by atoms with Gasteiger partial charge in [-0.3, -0.25) is 14.5 Å². The summed E-state index contributed by atoms with van der Waals surface area (Å²) >= 11 is 0. The summed E-state index contributed by atoms with van der Waals surface area (Å²) in [5.41, 5.74) is 5.98. The molecule has 0 spiro atoms. The van der Waals surface area contributed by atoms with Gasteiger partial charge in [-0.05, 0) is 65.2 Å². The lowest BCUT2D eigenvalue weighted by Gasteiger charge is -2.16. The Morgan fingerprint density at radius 1 is 0.725 bits per heavy atom. The average Bonchev–Trinajstić information content (AvgIpc) is 3.32. The lowest BCUT2D eigenvalue weighted by atomic mass is 10.00. The van der Waals surface area contributed by atoms with Crippen LogP contribution >= 0.6 is 0 Å². The Morgan fingerprint density at radius 3 is 2.15 bits per heavy atom. The third-order valence-electron chi connectivity index (χ3n) is 6.53. The van der Waals surface area contributed by atoms with Gasteiger partial charge in [0.15, 0.2) is 0 Å². The average molecular weight is 545 g/mol. The van der Waals surface area contributed by atoms with Crippen LogP contribution in [0.1, 0.15) is 11.1 Å². The van der Waals surface area contributed by atoms with Crippen molar-refractivity contribution in [1.82, 2.24) is 4.98 Å². The molecule has 0 saturated carbocycles. The minimum atomic E-state index is -3.89. The number of benzene rings is 4. The molecule has 8 heteroatoms. The largest absolute Gasteiger partial charge is 0.354 e. The van der Waals surface area contributed by atoms with Gasteiger partial charge in [0.05, 0.1) is 16.2 Å². The highest BCUT2D eigenvalue weighted by Gasteiger charge is 2.30. The molecule has 6 rings (SSSR count). The molecule has 4 aromatic carbocycles. The molecule has 7 nitrogen and oxygen atoms in total. The van der Waals surface area contributed by atoms with Gasteiger partial charge in [0.2, 0.25) is 0 Å². The van der Waals surface area contributed by atoms with Crippen molar-refractivity contribution in [3.63, 3.8) is 0 Å². The molecular formula is C32H24N4O3S. The maximum atomic E-state index is 13.3. The summed E-state index contributed by atoms with van der Waals surface area (Å²) in [6.45, 7) is 0. The molecule has 0 unspecified atom stereocenters. The molecule has 1 aliphatic rings. The minimum Gasteiger partial charge on any atom is -0.354 e. The van der Waals surface area contributed by atoms with Crippen molar-refractivity contribution in [2.45, 2.75) is 4.90 Å². The van der Waals surface area contributed by atoms with Crippen LogP contribution in [-0.2, 0) is 14.8 Å². The molecule has 0 radical (unpaired) electrons. The molecule has 0 bridgehead atoms. The smallest absolute Gasteiger partial charge is 0.261 e. The van der Waals surface area contributed by atoms with Crippen molar-refractivity contribution in [3.8, 4) is 11.1 Å². The zero-order valence-electron chi connectivity index (χ0n) is 21.2. The number of fused-ring (bicyclic) bond motifs is 1. The van der Waals surface area contributed by atoms with Crippen LogP contribution in [0.25, 0.3) is 22.4 Å². The third kappa shape index (κ3) is 5.08. The van der Waals surface area contributed by atoms with Gasteiger partial charge in [-0.1, -0.05) is 66.7 Å². The van der Waals surface area contributed by atoms with Crippen LogP contribution in [0.15, 0.2) is 133 Å². The van der Waals surface area contributed by atoms with Gasteiger partial charge >= 0.3 is 0 Å². The summed E-state index contributed by atoms with van der Waals surface area (Å²) in [6, 6.07) is 34.5. The highest BCUT2D eigenvalue weighted by atomic mass is 32.2. The lowest BCUT2D eigenvalue weighted by Crippen LogP contribution is -2.13. The Morgan fingerprint density at radius 2 is 1.45 bits per heavy atom. The molecule has 0 aliphatic carbocycles. The van der Waals surface area contributed by atoms with E-state index in [1.54, 1.807) is 42.7 Å². The number of carbonyl (C=O) groups excluding carboxylic acids is 1. The van der Waals surface area contributed by atoms with Crippen molar-refractivity contribution in [2.24, 2.45) is 0 Å². The molecule has 2 heterocycles. The number of anilines is 3. The van der Waals surface area contributed by atoms with Crippen molar-refractivity contribution in [3.05, 3.63) is 139 Å². The number of hydrogen-bond acceptors (Lipinski definition) is 5. The number of amides is 1. The molecule has 5 aromatic rings. The predicted molar refractivity (Wildman–Crippen MR) is 159 cm³/mol. The first-order valence-corrected chi connectivity index (χ1v) is 14.1. The number of pyridine rings is 1. The molecule has 1 aromatic heterocycles. The Hall–Kier alpha value is -5.21. The molecule has 0 fully saturated rings. The van der Waals surface area contributed by atoms with Crippen LogP contribution in [0.5, 0.6) is 0 Å². The fourth-order valence-corrected chi connectivity index (χ4v) is 5.67. The maximum absolute atomic E-state index is 13.3. The van der Waals surface area contributed by atoms with Gasteiger partial charge in [0, 0.05) is 35.0 Å². The summed E-state index contributed by atoms with van der Waals surface area (Å²) < 4.78 is 29.0. The van der Waals surface area contributed by atoms with E-state index < -0.39 is 10.0 Å². The number of nitrogens with zero attached hydrogens (tertiary/aromatic N) is 1. The highest BCUT2D eigenvalue weighted by Crippen LogP contribution is 2.39. The lowest BCUT2D eigenvalue weighted by molar-refractivity contribution is -0.110. The molecule has 0 saturated heterocycles. The second-order valence-electron chi connectivity index (χ2n) is 9.19. The fraction of sp³-hybridized carbons (Fsp3) is 0. The van der Waals surface area contributed by atoms with Crippen molar-refractivity contribution < 1.29 is 13.2 Å². The van der Waals surface area contributed by atoms with Crippen molar-refractivity contribution in [1.29, 1.82) is 0 Å². The SMILES string of the molecule is O=C1Nc2ccc(S(=O)(=O)Nc3ccccc3)cc2/C1=C(/Nc1ccc(-c2cccnc2)cc1)c1ccccc1. The monoisotopic (exact) mass is 544 g/mol. The van der Waals surface area contributed by atoms with E-state index in [0.717, 1.165) is 22.4 Å². The zero-order chi connectivity index (χ0) is 27.5. The van der Waals surface area contributed by atoms with E-state index in [9.17, 15) is 13.2 Å². The Bertz CT molecular complexity index is 1820. The first-order valence-electron chi connectivity index (χ1n) is 12.6. The van der Waals surface area contributed by atoms with E-state index in [1.807, 2.05) is 72.8 Å². The summed E-state index contributed by atoms with van der Waals surface area (Å²) in [7, 11) is -3.89. The van der Waals surface area contributed by atoms with Crippen LogP contribution in [0, 0.1) is 0 Å². The molecule has 3 N–H and O–H groups in total. The number of aromatic nitrogens is 1. The summed E-state index contributed by atoms with van der Waals surface area (Å²) in [4.78, 5) is 17.6. The Kier molecular flexibility index (Phi) is 6.59. The van der Waals surface area contributed by atoms with Crippen LogP contribution in [-0.4, -0.2) is 19.3 Å². The standard InChI is InChI=1S/C32H24N4O3S/c37-32-30(28-20-27(17-18-29(28)35-32)40(38,39)36-26-11-5-2-6-12-26)31(23-8-3-1-4-9-23)34-25-15-13-22(14-16-25)24-10-7-19-33-21-24/h1-21,34,36H,(H,35,37)/b31-30-. The van der Waals surface area contributed by atoms with Crippen LogP contribution in [0.4, 0.5) is 17.1 Å². The Labute approximate surface area is 232 Å². The molecule has 196 valence electrons. The number of para-hydroxylation sites is 1. The molecule has 1 aliphatic heterocycles. The van der Waals surface area contributed by atoms with Gasteiger partial charge in [-0.25, -0.2) is 8.42 Å². The van der Waals surface area contributed by atoms with E-state index in [-0.39, 0.29) is 10.8 Å². The molecule has 0 atom stereocenters.